The Labute approximate surface area is 349 Å². The molecule has 1 aliphatic carbocycles. The lowest BCUT2D eigenvalue weighted by atomic mass is 9.81. The van der Waals surface area contributed by atoms with Crippen LogP contribution in [0, 0.1) is 0 Å². The first-order chi connectivity index (χ1) is 32.0. The number of nitrogens with zero attached hydrogens (tertiary/aromatic N) is 4. The van der Waals surface area contributed by atoms with Gasteiger partial charge in [-0.1, -0.05) is 125 Å². The molecule has 0 bridgehead atoms. The molecule has 6 aromatic carbocycles. The molecule has 0 saturated heterocycles. The summed E-state index contributed by atoms with van der Waals surface area (Å²) in [5.41, 5.74) is 6.48. The number of aromatic nitrogens is 2. The van der Waals surface area contributed by atoms with Crippen molar-refractivity contribution in [3.63, 3.8) is 0 Å². The molecule has 8 aromatic rings. The maximum Gasteiger partial charge on any atom is 0.137 e. The van der Waals surface area contributed by atoms with E-state index in [9.17, 15) is 2.74 Å². The maximum atomic E-state index is 9.22. The highest BCUT2D eigenvalue weighted by atomic mass is 16.5. The van der Waals surface area contributed by atoms with E-state index < -0.39 is 68.1 Å². The average Bonchev–Trinajstić information content (AvgIpc) is 3.87. The Morgan fingerprint density at radius 2 is 1.42 bits per heavy atom. The summed E-state index contributed by atoms with van der Waals surface area (Å²) in [7, 11) is 0. The molecule has 1 fully saturated rings. The van der Waals surface area contributed by atoms with Crippen molar-refractivity contribution in [3.05, 3.63) is 169 Å². The average molecular weight is 755 g/mol. The molecule has 3 heterocycles. The second-order valence-electron chi connectivity index (χ2n) is 15.5. The highest BCUT2D eigenvalue weighted by Crippen LogP contribution is 2.51. The van der Waals surface area contributed by atoms with E-state index in [4.69, 9.17) is 20.7 Å². The van der Waals surface area contributed by atoms with Gasteiger partial charge in [0.05, 0.1) is 34.9 Å². The molecule has 5 heteroatoms. The third-order valence-electron chi connectivity index (χ3n) is 10.9. The molecule has 1 aliphatic heterocycles. The predicted molar refractivity (Wildman–Crippen MR) is 237 cm³/mol. The zero-order chi connectivity index (χ0) is 47.2. The minimum atomic E-state index is -1.27. The third-order valence-corrected chi connectivity index (χ3v) is 10.9. The molecular formula is C52H48N4O. The van der Waals surface area contributed by atoms with Gasteiger partial charge in [-0.25, -0.2) is 4.98 Å². The molecule has 1 saturated carbocycles. The van der Waals surface area contributed by atoms with Crippen LogP contribution in [-0.4, -0.2) is 16.2 Å². The first-order valence-corrected chi connectivity index (χ1v) is 19.3. The number of hydrogen-bond acceptors (Lipinski definition) is 4. The van der Waals surface area contributed by atoms with Crippen molar-refractivity contribution in [2.45, 2.75) is 64.1 Å². The maximum absolute atomic E-state index is 9.22. The number of para-hydroxylation sites is 4. The highest BCUT2D eigenvalue weighted by molar-refractivity contribution is 6.09. The fraction of sp³-hybridized carbons (Fsp3) is 0.212. The summed E-state index contributed by atoms with van der Waals surface area (Å²) in [4.78, 5) is 8.88. The van der Waals surface area contributed by atoms with Gasteiger partial charge in [0.2, 0.25) is 0 Å². The minimum Gasteiger partial charge on any atom is -0.457 e. The SMILES string of the molecule is [2H]c1c([2H])c([2H])c(-c2cccc(C3C([2H])C([2H])C([2H])C([2H])C3[2H])c2N2CN(c3cccc(Oc4ccc5c6ccccc6n(-c6cc(C(C)(C)C)ccn6)c5c4)c3)c3ccccc32)c([2H])c1[2H]. The van der Waals surface area contributed by atoms with E-state index in [-0.39, 0.29) is 17.6 Å². The Kier molecular flexibility index (Phi) is 6.47. The fourth-order valence-electron chi connectivity index (χ4n) is 8.17. The Morgan fingerprint density at radius 1 is 0.684 bits per heavy atom. The Hall–Kier alpha value is -6.33. The first-order valence-electron chi connectivity index (χ1n) is 24.7. The largest absolute Gasteiger partial charge is 0.457 e. The van der Waals surface area contributed by atoms with Crippen LogP contribution in [0.15, 0.2) is 158 Å². The van der Waals surface area contributed by atoms with Gasteiger partial charge in [-0.15, -0.1) is 0 Å². The van der Waals surface area contributed by atoms with E-state index in [0.29, 0.717) is 28.3 Å². The second kappa shape index (κ2) is 14.3. The van der Waals surface area contributed by atoms with Crippen molar-refractivity contribution >= 4 is 44.6 Å². The molecule has 282 valence electrons. The number of rotatable bonds is 7. The molecule has 4 unspecified atom stereocenters. The van der Waals surface area contributed by atoms with Crippen molar-refractivity contribution < 1.29 is 18.4 Å². The van der Waals surface area contributed by atoms with E-state index in [1.54, 1.807) is 18.2 Å². The van der Waals surface area contributed by atoms with Gasteiger partial charge in [-0.05, 0) is 95.4 Å². The summed E-state index contributed by atoms with van der Waals surface area (Å²) in [6, 6.07) is 36.8. The van der Waals surface area contributed by atoms with Gasteiger partial charge in [-0.2, -0.15) is 0 Å². The minimum absolute atomic E-state index is 0.0371. The van der Waals surface area contributed by atoms with Crippen molar-refractivity contribution in [1.29, 1.82) is 0 Å². The standard InChI is InChI=1S/C52H48N4O/c1-52(2,3)38-30-31-53-50(32-38)56-46-25-11-10-22-44(46)45-29-28-41(34-49(45)56)57-40-21-14-20-39(33-40)54-35-55(48-27-13-12-26-47(48)54)51-42(36-16-6-4-7-17-36)23-15-24-43(51)37-18-8-5-9-19-37/h4,6-7,10-17,20-34,37H,5,8-9,18-19,35H2,1-3H3/i4D,5D,6D,7D,8D,9D,16D,17D,18D,19D. The molecule has 4 atom stereocenters. The van der Waals surface area contributed by atoms with E-state index in [0.717, 1.165) is 44.7 Å². The Morgan fingerprint density at radius 3 is 2.25 bits per heavy atom. The van der Waals surface area contributed by atoms with Crippen LogP contribution < -0.4 is 14.5 Å². The van der Waals surface area contributed by atoms with Gasteiger partial charge in [0, 0.05) is 47.2 Å². The molecule has 0 N–H and O–H groups in total. The van der Waals surface area contributed by atoms with Crippen molar-refractivity contribution in [2.75, 3.05) is 16.5 Å². The number of fused-ring (bicyclic) bond motifs is 4. The van der Waals surface area contributed by atoms with Gasteiger partial charge in [0.1, 0.15) is 24.0 Å². The van der Waals surface area contributed by atoms with Crippen LogP contribution in [0.5, 0.6) is 11.5 Å². The summed E-state index contributed by atoms with van der Waals surface area (Å²) in [6.45, 7) is 6.73. The Balaban J connectivity index is 1.07. The second-order valence-corrected chi connectivity index (χ2v) is 15.5. The van der Waals surface area contributed by atoms with Crippen LogP contribution in [0.3, 0.4) is 0 Å². The molecule has 57 heavy (non-hydrogen) atoms. The molecule has 10 rings (SSSR count). The van der Waals surface area contributed by atoms with Crippen LogP contribution in [0.25, 0.3) is 38.8 Å². The molecule has 0 amide bonds. The van der Waals surface area contributed by atoms with Gasteiger partial charge >= 0.3 is 0 Å². The van der Waals surface area contributed by atoms with E-state index in [2.05, 4.69) is 60.6 Å². The lowest BCUT2D eigenvalue weighted by Crippen LogP contribution is -2.26. The van der Waals surface area contributed by atoms with E-state index in [1.807, 2.05) is 83.9 Å². The molecule has 0 radical (unpaired) electrons. The van der Waals surface area contributed by atoms with Crippen molar-refractivity contribution in [3.8, 4) is 28.4 Å². The zero-order valence-corrected chi connectivity index (χ0v) is 32.0. The van der Waals surface area contributed by atoms with Crippen LogP contribution >= 0.6 is 0 Å². The number of anilines is 4. The molecular weight excluding hydrogens is 697 g/mol. The quantitative estimate of drug-likeness (QED) is 0.162. The van der Waals surface area contributed by atoms with Gasteiger partial charge in [0.25, 0.3) is 0 Å². The van der Waals surface area contributed by atoms with E-state index in [1.165, 1.54) is 5.56 Å². The normalized spacial score (nSPS) is 24.6. The highest BCUT2D eigenvalue weighted by Gasteiger charge is 2.33. The summed E-state index contributed by atoms with van der Waals surface area (Å²) < 4.78 is 97.0. The summed E-state index contributed by atoms with van der Waals surface area (Å²) in [6.07, 6.45) is -4.41. The third kappa shape index (κ3) is 6.41. The van der Waals surface area contributed by atoms with Gasteiger partial charge in [0.15, 0.2) is 0 Å². The zero-order valence-electron chi connectivity index (χ0n) is 42.0. The molecule has 2 aliphatic rings. The predicted octanol–water partition coefficient (Wildman–Crippen LogP) is 14.2. The lowest BCUT2D eigenvalue weighted by molar-refractivity contribution is 0.444. The first kappa shape index (κ1) is 25.8. The van der Waals surface area contributed by atoms with Gasteiger partial charge < -0.3 is 14.5 Å². The topological polar surface area (TPSA) is 33.5 Å². The number of hydrogen-bond donors (Lipinski definition) is 0. The Bertz CT molecular complexity index is 3200. The molecule has 5 nitrogen and oxygen atoms in total. The van der Waals surface area contributed by atoms with Crippen LogP contribution in [-0.2, 0) is 5.41 Å². The van der Waals surface area contributed by atoms with Crippen molar-refractivity contribution in [2.24, 2.45) is 0 Å². The molecule has 0 spiro atoms. The summed E-state index contributed by atoms with van der Waals surface area (Å²) in [5, 5.41) is 2.16. The number of benzene rings is 6. The smallest absolute Gasteiger partial charge is 0.137 e. The molecule has 2 aromatic heterocycles. The number of pyridine rings is 1. The summed E-state index contributed by atoms with van der Waals surface area (Å²) >= 11 is 0. The lowest BCUT2D eigenvalue weighted by Gasteiger charge is -2.31. The van der Waals surface area contributed by atoms with Crippen LogP contribution in [0.2, 0.25) is 0 Å². The fourth-order valence-corrected chi connectivity index (χ4v) is 8.17. The number of ether oxygens (including phenoxy) is 1. The van der Waals surface area contributed by atoms with Gasteiger partial charge in [-0.3, -0.25) is 4.57 Å². The monoisotopic (exact) mass is 754 g/mol. The van der Waals surface area contributed by atoms with E-state index >= 15 is 0 Å². The van der Waals surface area contributed by atoms with Crippen LogP contribution in [0.1, 0.15) is 83.5 Å². The van der Waals surface area contributed by atoms with Crippen LogP contribution in [0.4, 0.5) is 22.7 Å². The summed E-state index contributed by atoms with van der Waals surface area (Å²) in [5.74, 6) is 1.01. The van der Waals surface area contributed by atoms with Crippen molar-refractivity contribution in [1.82, 2.24) is 9.55 Å².